The highest BCUT2D eigenvalue weighted by Gasteiger charge is 2.29. The van der Waals surface area contributed by atoms with Gasteiger partial charge in [0.15, 0.2) is 9.84 Å². The van der Waals surface area contributed by atoms with Crippen molar-refractivity contribution in [1.29, 1.82) is 0 Å². The molecule has 8 nitrogen and oxygen atoms in total. The number of halogens is 2. The van der Waals surface area contributed by atoms with Crippen LogP contribution >= 0.6 is 0 Å². The van der Waals surface area contributed by atoms with Gasteiger partial charge in [-0.15, -0.1) is 0 Å². The second-order valence-electron chi connectivity index (χ2n) is 9.63. The van der Waals surface area contributed by atoms with Crippen LogP contribution in [0.15, 0.2) is 41.3 Å². The van der Waals surface area contributed by atoms with Gasteiger partial charge in [0, 0.05) is 41.3 Å². The molecule has 3 aromatic rings. The molecule has 2 aromatic carbocycles. The molecule has 0 spiro atoms. The average molecular weight is 571 g/mol. The van der Waals surface area contributed by atoms with Crippen molar-refractivity contribution in [2.24, 2.45) is 0 Å². The normalized spacial score (nSPS) is 14.1. The van der Waals surface area contributed by atoms with Gasteiger partial charge in [-0.05, 0) is 68.9 Å². The Labute approximate surface area is 232 Å². The van der Waals surface area contributed by atoms with Gasteiger partial charge in [0.05, 0.1) is 21.8 Å². The van der Waals surface area contributed by atoms with E-state index >= 15 is 0 Å². The molecule has 1 aliphatic rings. The average Bonchev–Trinajstić information content (AvgIpc) is 3.37. The van der Waals surface area contributed by atoms with Crippen molar-refractivity contribution in [3.05, 3.63) is 81.7 Å². The van der Waals surface area contributed by atoms with Crippen LogP contribution in [0.25, 0.3) is 11.6 Å². The molecule has 2 heterocycles. The number of aryl methyl sites for hydroxylation is 1. The Balaban J connectivity index is 1.63. The summed E-state index contributed by atoms with van der Waals surface area (Å²) in [4.78, 5) is 31.0. The lowest BCUT2D eigenvalue weighted by atomic mass is 10.0. The lowest BCUT2D eigenvalue weighted by molar-refractivity contribution is -0.110. The Morgan fingerprint density at radius 3 is 2.40 bits per heavy atom. The number of anilines is 1. The number of carbonyl (C=O) groups excluding carboxylic acids is 2. The van der Waals surface area contributed by atoms with Gasteiger partial charge < -0.3 is 20.5 Å². The topological polar surface area (TPSA) is 111 Å². The number of nitrogens with zero attached hydrogens (tertiary/aromatic N) is 1. The number of sulfone groups is 1. The largest absolute Gasteiger partial charge is 0.358 e. The van der Waals surface area contributed by atoms with Crippen LogP contribution in [0, 0.1) is 25.5 Å². The van der Waals surface area contributed by atoms with E-state index in [0.717, 1.165) is 37.8 Å². The Morgan fingerprint density at radius 1 is 1.07 bits per heavy atom. The van der Waals surface area contributed by atoms with Gasteiger partial charge in [0.1, 0.15) is 11.6 Å². The summed E-state index contributed by atoms with van der Waals surface area (Å²) in [6.07, 6.45) is 1.57. The van der Waals surface area contributed by atoms with Crippen molar-refractivity contribution in [2.75, 3.05) is 31.5 Å². The molecular formula is C29H32F2N4O4S. The first-order valence-corrected chi connectivity index (χ1v) is 14.6. The fraction of sp³-hybridized carbons (Fsp3) is 0.310. The maximum atomic E-state index is 14.1. The molecule has 0 unspecified atom stereocenters. The summed E-state index contributed by atoms with van der Waals surface area (Å²) >= 11 is 0. The first-order chi connectivity index (χ1) is 19.0. The standard InChI is InChI=1S/C29H32F2N4O4S/c1-5-35(6-2)13-12-32-29(37)27-17(3)26(33-18(27)4)15-21-20-14-19(10-11-25(20)34-28(21)36)40(38,39)16-22-23(30)8-7-9-24(22)31/h7-11,14-15,33H,5-6,12-13,16H2,1-4H3,(H,32,37)(H,34,36)/b21-15-. The quantitative estimate of drug-likeness (QED) is 0.312. The number of hydrogen-bond donors (Lipinski definition) is 3. The van der Waals surface area contributed by atoms with E-state index in [1.165, 1.54) is 18.2 Å². The van der Waals surface area contributed by atoms with Crippen LogP contribution < -0.4 is 10.6 Å². The van der Waals surface area contributed by atoms with Gasteiger partial charge in [-0.2, -0.15) is 0 Å². The van der Waals surface area contributed by atoms with E-state index in [9.17, 15) is 26.8 Å². The minimum absolute atomic E-state index is 0.177. The van der Waals surface area contributed by atoms with Crippen LogP contribution in [-0.2, 0) is 20.4 Å². The smallest absolute Gasteiger partial charge is 0.256 e. The highest BCUT2D eigenvalue weighted by atomic mass is 32.2. The fourth-order valence-corrected chi connectivity index (χ4v) is 6.20. The predicted octanol–water partition coefficient (Wildman–Crippen LogP) is 4.45. The SMILES string of the molecule is CCN(CC)CCNC(=O)c1c(C)[nH]c(/C=C2\C(=O)Nc3ccc(S(=O)(=O)Cc4c(F)cccc4F)cc32)c1C. The summed E-state index contributed by atoms with van der Waals surface area (Å²) < 4.78 is 54.4. The minimum atomic E-state index is -4.15. The number of benzene rings is 2. The van der Waals surface area contributed by atoms with Crippen LogP contribution in [0.2, 0.25) is 0 Å². The summed E-state index contributed by atoms with van der Waals surface area (Å²) in [5.74, 6) is -3.44. The van der Waals surface area contributed by atoms with E-state index in [2.05, 4.69) is 34.4 Å². The molecule has 11 heteroatoms. The van der Waals surface area contributed by atoms with E-state index < -0.39 is 38.7 Å². The molecule has 0 bridgehead atoms. The van der Waals surface area contributed by atoms with Gasteiger partial charge >= 0.3 is 0 Å². The number of rotatable bonds is 10. The number of aromatic nitrogens is 1. The molecular weight excluding hydrogens is 538 g/mol. The molecule has 1 aromatic heterocycles. The van der Waals surface area contributed by atoms with Crippen molar-refractivity contribution in [3.8, 4) is 0 Å². The van der Waals surface area contributed by atoms with E-state index in [1.54, 1.807) is 19.9 Å². The highest BCUT2D eigenvalue weighted by molar-refractivity contribution is 7.90. The Kier molecular flexibility index (Phi) is 8.55. The van der Waals surface area contributed by atoms with Crippen LogP contribution in [0.5, 0.6) is 0 Å². The predicted molar refractivity (Wildman–Crippen MR) is 151 cm³/mol. The lowest BCUT2D eigenvalue weighted by Gasteiger charge is -2.18. The number of nitrogens with one attached hydrogen (secondary N) is 3. The molecule has 0 saturated heterocycles. The zero-order valence-corrected chi connectivity index (χ0v) is 23.6. The highest BCUT2D eigenvalue weighted by Crippen LogP contribution is 2.36. The third-order valence-corrected chi connectivity index (χ3v) is 8.77. The second-order valence-corrected chi connectivity index (χ2v) is 11.6. The molecule has 0 aliphatic carbocycles. The van der Waals surface area contributed by atoms with E-state index in [0.29, 0.717) is 40.3 Å². The maximum Gasteiger partial charge on any atom is 0.256 e. The molecule has 0 saturated carbocycles. The van der Waals surface area contributed by atoms with Gasteiger partial charge in [-0.25, -0.2) is 17.2 Å². The number of aromatic amines is 1. The van der Waals surface area contributed by atoms with Gasteiger partial charge in [-0.1, -0.05) is 19.9 Å². The van der Waals surface area contributed by atoms with Crippen LogP contribution in [0.4, 0.5) is 14.5 Å². The summed E-state index contributed by atoms with van der Waals surface area (Å²) in [6.45, 7) is 10.6. The molecule has 1 aliphatic heterocycles. The van der Waals surface area contributed by atoms with Crippen LogP contribution in [0.1, 0.15) is 52.3 Å². The van der Waals surface area contributed by atoms with Crippen LogP contribution in [0.3, 0.4) is 0 Å². The minimum Gasteiger partial charge on any atom is -0.358 e. The van der Waals surface area contributed by atoms with E-state index in [1.807, 2.05) is 0 Å². The van der Waals surface area contributed by atoms with Crippen molar-refractivity contribution < 1.29 is 26.8 Å². The van der Waals surface area contributed by atoms with Crippen molar-refractivity contribution in [1.82, 2.24) is 15.2 Å². The molecule has 0 atom stereocenters. The Hall–Kier alpha value is -3.83. The molecule has 212 valence electrons. The summed E-state index contributed by atoms with van der Waals surface area (Å²) in [5, 5.41) is 5.65. The summed E-state index contributed by atoms with van der Waals surface area (Å²) in [7, 11) is -4.15. The molecule has 4 rings (SSSR count). The van der Waals surface area contributed by atoms with E-state index in [4.69, 9.17) is 0 Å². The number of hydrogen-bond acceptors (Lipinski definition) is 5. The first-order valence-electron chi connectivity index (χ1n) is 13.0. The van der Waals surface area contributed by atoms with Gasteiger partial charge in [0.2, 0.25) is 0 Å². The summed E-state index contributed by atoms with van der Waals surface area (Å²) in [6, 6.07) is 7.22. The first kappa shape index (κ1) is 29.2. The molecule has 3 N–H and O–H groups in total. The zero-order chi connectivity index (χ0) is 29.2. The molecule has 2 amide bonds. The second kappa shape index (κ2) is 11.7. The third kappa shape index (κ3) is 5.85. The molecule has 40 heavy (non-hydrogen) atoms. The van der Waals surface area contributed by atoms with Crippen LogP contribution in [-0.4, -0.2) is 56.3 Å². The maximum absolute atomic E-state index is 14.1. The Morgan fingerprint density at radius 2 is 1.75 bits per heavy atom. The lowest BCUT2D eigenvalue weighted by Crippen LogP contribution is -2.35. The number of H-pyrrole nitrogens is 1. The number of carbonyl (C=O) groups is 2. The monoisotopic (exact) mass is 570 g/mol. The van der Waals surface area contributed by atoms with Gasteiger partial charge in [0.25, 0.3) is 11.8 Å². The van der Waals surface area contributed by atoms with Crippen molar-refractivity contribution in [3.63, 3.8) is 0 Å². The summed E-state index contributed by atoms with van der Waals surface area (Å²) in [5.41, 5.74) is 2.67. The molecule has 0 fully saturated rings. The fourth-order valence-electron chi connectivity index (χ4n) is 4.81. The van der Waals surface area contributed by atoms with Gasteiger partial charge in [-0.3, -0.25) is 9.59 Å². The molecule has 0 radical (unpaired) electrons. The number of amides is 2. The Bertz CT molecular complexity index is 1590. The zero-order valence-electron chi connectivity index (χ0n) is 22.8. The number of fused-ring (bicyclic) bond motifs is 1. The van der Waals surface area contributed by atoms with Crippen molar-refractivity contribution in [2.45, 2.75) is 38.3 Å². The number of likely N-dealkylation sites (N-methyl/N-ethyl adjacent to an activating group) is 1. The van der Waals surface area contributed by atoms with E-state index in [-0.39, 0.29) is 16.4 Å². The van der Waals surface area contributed by atoms with Crippen molar-refractivity contribution >= 4 is 39.0 Å². The third-order valence-electron chi connectivity index (χ3n) is 7.13.